The number of hydrogen-bond acceptors (Lipinski definition) is 4. The number of methoxy groups -OCH3 is 2. The number of para-hydroxylation sites is 1. The molecule has 2 aromatic rings. The van der Waals surface area contributed by atoms with Crippen LogP contribution in [0.4, 0.5) is 5.69 Å². The number of hydrogen-bond donors (Lipinski definition) is 1. The largest absolute Gasteiger partial charge is 0.354 e. The lowest BCUT2D eigenvalue weighted by Crippen LogP contribution is -2.45. The lowest BCUT2D eigenvalue weighted by molar-refractivity contribution is -0.140. The van der Waals surface area contributed by atoms with Crippen LogP contribution in [0.1, 0.15) is 5.56 Å². The Morgan fingerprint density at radius 1 is 0.960 bits per heavy atom. The van der Waals surface area contributed by atoms with E-state index >= 15 is 0 Å². The van der Waals surface area contributed by atoms with E-state index in [0.29, 0.717) is 12.2 Å². The van der Waals surface area contributed by atoms with Crippen molar-refractivity contribution in [1.82, 2.24) is 5.32 Å². The predicted octanol–water partition coefficient (Wildman–Crippen LogP) is 1.95. The van der Waals surface area contributed by atoms with Gasteiger partial charge < -0.3 is 14.8 Å². The van der Waals surface area contributed by atoms with Crippen molar-refractivity contribution in [2.75, 3.05) is 25.7 Å². The lowest BCUT2D eigenvalue weighted by atomic mass is 10.2. The van der Waals surface area contributed by atoms with Crippen LogP contribution in [0, 0.1) is 0 Å². The van der Waals surface area contributed by atoms with Crippen LogP contribution in [-0.4, -0.2) is 38.9 Å². The molecule has 0 aromatic heterocycles. The first kappa shape index (κ1) is 18.6. The zero-order valence-electron chi connectivity index (χ0n) is 14.3. The first-order valence-corrected chi connectivity index (χ1v) is 7.90. The molecule has 0 aliphatic rings. The van der Waals surface area contributed by atoms with Gasteiger partial charge in [0.2, 0.25) is 0 Å². The molecular weight excluding hydrogens is 320 g/mol. The number of carbonyl (C=O) groups is 2. The van der Waals surface area contributed by atoms with Gasteiger partial charge in [0.25, 0.3) is 0 Å². The minimum Gasteiger partial charge on any atom is -0.354 e. The van der Waals surface area contributed by atoms with E-state index in [1.165, 1.54) is 19.1 Å². The molecule has 6 nitrogen and oxygen atoms in total. The third-order valence-corrected chi connectivity index (χ3v) is 3.65. The molecule has 0 spiro atoms. The summed E-state index contributed by atoms with van der Waals surface area (Å²) in [6, 6.07) is 18.6. The monoisotopic (exact) mass is 342 g/mol. The van der Waals surface area contributed by atoms with E-state index in [1.54, 1.807) is 12.1 Å². The normalized spacial score (nSPS) is 10.5. The minimum atomic E-state index is -0.709. The number of rotatable bonds is 7. The number of amides is 2. The second kappa shape index (κ2) is 9.56. The predicted molar refractivity (Wildman–Crippen MR) is 94.9 cm³/mol. The molecule has 6 heteroatoms. The molecule has 0 saturated heterocycles. The van der Waals surface area contributed by atoms with Crippen molar-refractivity contribution >= 4 is 17.5 Å². The summed E-state index contributed by atoms with van der Waals surface area (Å²) in [5.74, 6) is -1.35. The van der Waals surface area contributed by atoms with Crippen LogP contribution in [0.5, 0.6) is 0 Å². The van der Waals surface area contributed by atoms with Crippen LogP contribution < -0.4 is 10.2 Å². The highest BCUT2D eigenvalue weighted by molar-refractivity contribution is 6.40. The van der Waals surface area contributed by atoms with Gasteiger partial charge in [0.05, 0.1) is 13.1 Å². The van der Waals surface area contributed by atoms with Crippen LogP contribution in [-0.2, 0) is 25.6 Å². The number of nitrogens with one attached hydrogen (secondary N) is 1. The molecule has 0 aliphatic carbocycles. The highest BCUT2D eigenvalue weighted by atomic mass is 16.7. The van der Waals surface area contributed by atoms with Crippen LogP contribution in [0.25, 0.3) is 0 Å². The Bertz CT molecular complexity index is 672. The topological polar surface area (TPSA) is 67.9 Å². The van der Waals surface area contributed by atoms with Crippen LogP contribution in [0.2, 0.25) is 0 Å². The van der Waals surface area contributed by atoms with E-state index in [1.807, 2.05) is 48.5 Å². The van der Waals surface area contributed by atoms with Crippen LogP contribution >= 0.6 is 0 Å². The van der Waals surface area contributed by atoms with Crippen LogP contribution in [0.15, 0.2) is 60.7 Å². The van der Waals surface area contributed by atoms with Gasteiger partial charge in [-0.3, -0.25) is 14.5 Å². The lowest BCUT2D eigenvalue weighted by Gasteiger charge is -2.23. The van der Waals surface area contributed by atoms with Gasteiger partial charge in [-0.05, 0) is 17.7 Å². The van der Waals surface area contributed by atoms with Gasteiger partial charge in [-0.25, -0.2) is 0 Å². The molecule has 0 radical (unpaired) electrons. The summed E-state index contributed by atoms with van der Waals surface area (Å²) in [5, 5.41) is 2.54. The molecule has 1 N–H and O–H groups in total. The number of ether oxygens (including phenoxy) is 2. The summed E-state index contributed by atoms with van der Waals surface area (Å²) in [7, 11) is 2.93. The highest BCUT2D eigenvalue weighted by Gasteiger charge is 2.24. The Morgan fingerprint density at radius 3 is 2.08 bits per heavy atom. The molecule has 0 saturated carbocycles. The molecule has 0 fully saturated rings. The van der Waals surface area contributed by atoms with E-state index in [-0.39, 0.29) is 6.54 Å². The number of benzene rings is 2. The number of anilines is 1. The summed E-state index contributed by atoms with van der Waals surface area (Å²) in [6.07, 6.45) is -0.601. The van der Waals surface area contributed by atoms with Gasteiger partial charge in [-0.1, -0.05) is 48.5 Å². The van der Waals surface area contributed by atoms with Gasteiger partial charge in [-0.2, -0.15) is 0 Å². The van der Waals surface area contributed by atoms with Crippen molar-refractivity contribution in [2.24, 2.45) is 0 Å². The van der Waals surface area contributed by atoms with Crippen LogP contribution in [0.3, 0.4) is 0 Å². The van der Waals surface area contributed by atoms with Gasteiger partial charge in [0.1, 0.15) is 0 Å². The molecule has 0 bridgehead atoms. The fourth-order valence-corrected chi connectivity index (χ4v) is 2.29. The Balaban J connectivity index is 2.14. The average Bonchev–Trinajstić information content (AvgIpc) is 2.67. The molecule has 0 atom stereocenters. The Morgan fingerprint density at radius 2 is 1.52 bits per heavy atom. The molecule has 132 valence electrons. The third kappa shape index (κ3) is 5.41. The van der Waals surface area contributed by atoms with Gasteiger partial charge >= 0.3 is 11.8 Å². The van der Waals surface area contributed by atoms with Gasteiger partial charge in [0.15, 0.2) is 6.29 Å². The molecule has 2 rings (SSSR count). The maximum absolute atomic E-state index is 12.7. The van der Waals surface area contributed by atoms with Crippen molar-refractivity contribution in [3.05, 3.63) is 66.2 Å². The van der Waals surface area contributed by atoms with Crippen molar-refractivity contribution in [2.45, 2.75) is 12.8 Å². The number of carbonyl (C=O) groups excluding carboxylic acids is 2. The summed E-state index contributed by atoms with van der Waals surface area (Å²) in [5.41, 5.74) is 1.58. The Hall–Kier alpha value is -2.70. The molecule has 0 heterocycles. The SMILES string of the molecule is COC(CNC(=O)C(=O)N(Cc1ccccc1)c1ccccc1)OC. The maximum Gasteiger partial charge on any atom is 0.316 e. The molecule has 0 unspecified atom stereocenters. The van der Waals surface area contributed by atoms with Crippen molar-refractivity contribution < 1.29 is 19.1 Å². The van der Waals surface area contributed by atoms with E-state index in [4.69, 9.17) is 9.47 Å². The Labute approximate surface area is 147 Å². The number of nitrogens with zero attached hydrogens (tertiary/aromatic N) is 1. The summed E-state index contributed by atoms with van der Waals surface area (Å²) in [4.78, 5) is 26.4. The highest BCUT2D eigenvalue weighted by Crippen LogP contribution is 2.17. The smallest absolute Gasteiger partial charge is 0.316 e. The fraction of sp³-hybridized carbons (Fsp3) is 0.263. The van der Waals surface area contributed by atoms with Crippen molar-refractivity contribution in [3.8, 4) is 0 Å². The average molecular weight is 342 g/mol. The first-order valence-electron chi connectivity index (χ1n) is 7.90. The molecular formula is C19H22N2O4. The standard InChI is InChI=1S/C19H22N2O4/c1-24-17(25-2)13-20-18(22)19(23)21(16-11-7-4-8-12-16)14-15-9-5-3-6-10-15/h3-12,17H,13-14H2,1-2H3,(H,20,22). The maximum atomic E-state index is 12.7. The van der Waals surface area contributed by atoms with E-state index in [0.717, 1.165) is 5.56 Å². The molecule has 2 amide bonds. The summed E-state index contributed by atoms with van der Waals surface area (Å²) >= 11 is 0. The second-order valence-corrected chi connectivity index (χ2v) is 5.32. The van der Waals surface area contributed by atoms with Crippen molar-refractivity contribution in [1.29, 1.82) is 0 Å². The summed E-state index contributed by atoms with van der Waals surface area (Å²) < 4.78 is 10.0. The molecule has 25 heavy (non-hydrogen) atoms. The van der Waals surface area contributed by atoms with E-state index < -0.39 is 18.1 Å². The second-order valence-electron chi connectivity index (χ2n) is 5.32. The van der Waals surface area contributed by atoms with E-state index in [9.17, 15) is 9.59 Å². The Kier molecular flexibility index (Phi) is 7.13. The third-order valence-electron chi connectivity index (χ3n) is 3.65. The minimum absolute atomic E-state index is 0.0888. The molecule has 2 aromatic carbocycles. The first-order chi connectivity index (χ1) is 12.2. The van der Waals surface area contributed by atoms with Gasteiger partial charge in [-0.15, -0.1) is 0 Å². The van der Waals surface area contributed by atoms with E-state index in [2.05, 4.69) is 5.32 Å². The zero-order valence-corrected chi connectivity index (χ0v) is 14.3. The molecule has 0 aliphatic heterocycles. The fourth-order valence-electron chi connectivity index (χ4n) is 2.29. The quantitative estimate of drug-likeness (QED) is 0.617. The summed E-state index contributed by atoms with van der Waals surface area (Å²) in [6.45, 7) is 0.390. The zero-order chi connectivity index (χ0) is 18.1. The van der Waals surface area contributed by atoms with Gasteiger partial charge in [0, 0.05) is 19.9 Å². The van der Waals surface area contributed by atoms with Crippen molar-refractivity contribution in [3.63, 3.8) is 0 Å².